The van der Waals surface area contributed by atoms with E-state index < -0.39 is 0 Å². The van der Waals surface area contributed by atoms with Crippen LogP contribution in [0, 0.1) is 11.8 Å². The minimum absolute atomic E-state index is 0.0139. The number of ketones is 1. The summed E-state index contributed by atoms with van der Waals surface area (Å²) in [5.41, 5.74) is 0.661. The lowest BCUT2D eigenvalue weighted by atomic mass is 10.0. The highest BCUT2D eigenvalue weighted by atomic mass is 16.5. The Morgan fingerprint density at radius 3 is 2.75 bits per heavy atom. The fraction of sp³-hybridized carbons (Fsp3) is 0.538. The molecule has 0 spiro atoms. The molecule has 3 heteroatoms. The van der Waals surface area contributed by atoms with E-state index in [1.54, 1.807) is 18.3 Å². The number of hydrogen-bond donors (Lipinski definition) is 0. The van der Waals surface area contributed by atoms with E-state index in [2.05, 4.69) is 4.98 Å². The Kier molecular flexibility index (Phi) is 3.22. The maximum Gasteiger partial charge on any atom is 0.213 e. The summed E-state index contributed by atoms with van der Waals surface area (Å²) >= 11 is 0. The number of aromatic nitrogens is 1. The zero-order chi connectivity index (χ0) is 11.5. The zero-order valence-electron chi connectivity index (χ0n) is 9.77. The normalized spacial score (nSPS) is 15.2. The summed E-state index contributed by atoms with van der Waals surface area (Å²) in [4.78, 5) is 15.8. The summed E-state index contributed by atoms with van der Waals surface area (Å²) in [6.45, 7) is 4.53. The van der Waals surface area contributed by atoms with Gasteiger partial charge < -0.3 is 4.74 Å². The van der Waals surface area contributed by atoms with Gasteiger partial charge in [-0.25, -0.2) is 4.98 Å². The molecule has 1 aromatic heterocycles. The van der Waals surface area contributed by atoms with Crippen LogP contribution in [0.4, 0.5) is 0 Å². The van der Waals surface area contributed by atoms with Gasteiger partial charge in [0.2, 0.25) is 5.88 Å². The molecule has 0 bridgehead atoms. The molecule has 2 rings (SSSR count). The molecule has 0 amide bonds. The fourth-order valence-electron chi connectivity index (χ4n) is 1.43. The number of carbonyl (C=O) groups is 1. The summed E-state index contributed by atoms with van der Waals surface area (Å²) in [6, 6.07) is 3.57. The van der Waals surface area contributed by atoms with Crippen LogP contribution >= 0.6 is 0 Å². The molecule has 1 aliphatic rings. The van der Waals surface area contributed by atoms with E-state index in [0.29, 0.717) is 11.4 Å². The first kappa shape index (κ1) is 11.1. The fourth-order valence-corrected chi connectivity index (χ4v) is 1.43. The number of nitrogens with zero attached hydrogens (tertiary/aromatic N) is 1. The second kappa shape index (κ2) is 4.64. The van der Waals surface area contributed by atoms with E-state index in [-0.39, 0.29) is 11.7 Å². The molecule has 16 heavy (non-hydrogen) atoms. The van der Waals surface area contributed by atoms with Crippen molar-refractivity contribution in [2.45, 2.75) is 26.7 Å². The standard InChI is InChI=1S/C13H17NO2/c1-9(2)13(15)11-5-6-12(14-7-11)16-8-10-3-4-10/h5-7,9-10H,3-4,8H2,1-2H3. The zero-order valence-corrected chi connectivity index (χ0v) is 9.77. The molecule has 86 valence electrons. The Hall–Kier alpha value is -1.38. The molecule has 1 aromatic rings. The lowest BCUT2D eigenvalue weighted by molar-refractivity contribution is 0.0939. The number of ether oxygens (including phenoxy) is 1. The van der Waals surface area contributed by atoms with E-state index in [0.717, 1.165) is 12.5 Å². The third kappa shape index (κ3) is 2.81. The van der Waals surface area contributed by atoms with Gasteiger partial charge in [0.15, 0.2) is 5.78 Å². The SMILES string of the molecule is CC(C)C(=O)c1ccc(OCC2CC2)nc1. The van der Waals surface area contributed by atoms with Gasteiger partial charge in [0.1, 0.15) is 0 Å². The third-order valence-electron chi connectivity index (χ3n) is 2.71. The number of hydrogen-bond acceptors (Lipinski definition) is 3. The summed E-state index contributed by atoms with van der Waals surface area (Å²) in [5, 5.41) is 0. The molecule has 0 radical (unpaired) electrons. The smallest absolute Gasteiger partial charge is 0.213 e. The number of carbonyl (C=O) groups excluding carboxylic acids is 1. The van der Waals surface area contributed by atoms with Gasteiger partial charge in [0.25, 0.3) is 0 Å². The minimum atomic E-state index is 0.0139. The molecule has 0 aromatic carbocycles. The molecule has 1 saturated carbocycles. The van der Waals surface area contributed by atoms with Crippen molar-refractivity contribution in [2.75, 3.05) is 6.61 Å². The van der Waals surface area contributed by atoms with Crippen molar-refractivity contribution in [1.29, 1.82) is 0 Å². The summed E-state index contributed by atoms with van der Waals surface area (Å²) in [6.07, 6.45) is 4.14. The minimum Gasteiger partial charge on any atom is -0.477 e. The van der Waals surface area contributed by atoms with Crippen molar-refractivity contribution in [2.24, 2.45) is 11.8 Å². The molecule has 3 nitrogen and oxygen atoms in total. The predicted octanol–water partition coefficient (Wildman–Crippen LogP) is 2.71. The maximum atomic E-state index is 11.7. The maximum absolute atomic E-state index is 11.7. The topological polar surface area (TPSA) is 39.2 Å². The van der Waals surface area contributed by atoms with Crippen molar-refractivity contribution >= 4 is 5.78 Å². The van der Waals surface area contributed by atoms with E-state index >= 15 is 0 Å². The second-order valence-corrected chi connectivity index (χ2v) is 4.66. The van der Waals surface area contributed by atoms with Crippen molar-refractivity contribution < 1.29 is 9.53 Å². The molecule has 0 unspecified atom stereocenters. The van der Waals surface area contributed by atoms with Gasteiger partial charge in [-0.15, -0.1) is 0 Å². The van der Waals surface area contributed by atoms with Crippen LogP contribution in [0.25, 0.3) is 0 Å². The summed E-state index contributed by atoms with van der Waals surface area (Å²) in [5.74, 6) is 1.48. The first-order chi connectivity index (χ1) is 7.66. The van der Waals surface area contributed by atoms with E-state index in [9.17, 15) is 4.79 Å². The summed E-state index contributed by atoms with van der Waals surface area (Å²) < 4.78 is 5.50. The largest absolute Gasteiger partial charge is 0.477 e. The van der Waals surface area contributed by atoms with Crippen LogP contribution in [0.1, 0.15) is 37.0 Å². The Balaban J connectivity index is 1.95. The average Bonchev–Trinajstić information content (AvgIpc) is 3.10. The highest BCUT2D eigenvalue weighted by Crippen LogP contribution is 2.29. The highest BCUT2D eigenvalue weighted by molar-refractivity contribution is 5.97. The van der Waals surface area contributed by atoms with Crippen LogP contribution in [0.15, 0.2) is 18.3 Å². The van der Waals surface area contributed by atoms with Gasteiger partial charge in [-0.1, -0.05) is 13.8 Å². The summed E-state index contributed by atoms with van der Waals surface area (Å²) in [7, 11) is 0. The molecular formula is C13H17NO2. The first-order valence-corrected chi connectivity index (χ1v) is 5.80. The molecule has 0 aliphatic heterocycles. The van der Waals surface area contributed by atoms with Crippen LogP contribution < -0.4 is 4.74 Å². The molecule has 1 aliphatic carbocycles. The van der Waals surface area contributed by atoms with Crippen LogP contribution in [-0.2, 0) is 0 Å². The Morgan fingerprint density at radius 2 is 2.25 bits per heavy atom. The molecule has 0 atom stereocenters. The molecule has 1 fully saturated rings. The van der Waals surface area contributed by atoms with Gasteiger partial charge in [0, 0.05) is 23.7 Å². The van der Waals surface area contributed by atoms with Crippen molar-refractivity contribution in [3.8, 4) is 5.88 Å². The van der Waals surface area contributed by atoms with Crippen LogP contribution in [0.2, 0.25) is 0 Å². The van der Waals surface area contributed by atoms with Crippen molar-refractivity contribution in [3.05, 3.63) is 23.9 Å². The first-order valence-electron chi connectivity index (χ1n) is 5.80. The number of pyridine rings is 1. The van der Waals surface area contributed by atoms with Crippen molar-refractivity contribution in [1.82, 2.24) is 4.98 Å². The van der Waals surface area contributed by atoms with E-state index in [1.165, 1.54) is 12.8 Å². The second-order valence-electron chi connectivity index (χ2n) is 4.66. The predicted molar refractivity (Wildman–Crippen MR) is 61.6 cm³/mol. The molecule has 1 heterocycles. The number of rotatable bonds is 5. The number of Topliss-reactive ketones (excluding diaryl/α,β-unsaturated/α-hetero) is 1. The Bertz CT molecular complexity index is 366. The van der Waals surface area contributed by atoms with Crippen LogP contribution in [0.5, 0.6) is 5.88 Å². The average molecular weight is 219 g/mol. The van der Waals surface area contributed by atoms with E-state index in [4.69, 9.17) is 4.74 Å². The Morgan fingerprint density at radius 1 is 1.50 bits per heavy atom. The van der Waals surface area contributed by atoms with Gasteiger partial charge in [0.05, 0.1) is 6.61 Å². The molecule has 0 saturated heterocycles. The lowest BCUT2D eigenvalue weighted by Gasteiger charge is -2.06. The van der Waals surface area contributed by atoms with Crippen molar-refractivity contribution in [3.63, 3.8) is 0 Å². The van der Waals surface area contributed by atoms with Gasteiger partial charge in [-0.3, -0.25) is 4.79 Å². The molecule has 0 N–H and O–H groups in total. The van der Waals surface area contributed by atoms with Gasteiger partial charge in [-0.2, -0.15) is 0 Å². The monoisotopic (exact) mass is 219 g/mol. The Labute approximate surface area is 95.8 Å². The quantitative estimate of drug-likeness (QED) is 0.715. The van der Waals surface area contributed by atoms with Crippen LogP contribution in [0.3, 0.4) is 0 Å². The van der Waals surface area contributed by atoms with Gasteiger partial charge >= 0.3 is 0 Å². The highest BCUT2D eigenvalue weighted by Gasteiger charge is 2.22. The third-order valence-corrected chi connectivity index (χ3v) is 2.71. The van der Waals surface area contributed by atoms with Gasteiger partial charge in [-0.05, 0) is 24.8 Å². The van der Waals surface area contributed by atoms with E-state index in [1.807, 2.05) is 13.8 Å². The van der Waals surface area contributed by atoms with Crippen LogP contribution in [-0.4, -0.2) is 17.4 Å². The molecular weight excluding hydrogens is 202 g/mol. The lowest BCUT2D eigenvalue weighted by Crippen LogP contribution is -2.08.